The Kier molecular flexibility index (Phi) is 5.25. The summed E-state index contributed by atoms with van der Waals surface area (Å²) >= 11 is 0. The first kappa shape index (κ1) is 18.4. The van der Waals surface area contributed by atoms with Gasteiger partial charge in [-0.3, -0.25) is 14.5 Å². The number of imide groups is 1. The van der Waals surface area contributed by atoms with Gasteiger partial charge in [-0.05, 0) is 25.1 Å². The number of anilines is 2. The van der Waals surface area contributed by atoms with Crippen molar-refractivity contribution in [3.8, 4) is 5.75 Å². The van der Waals surface area contributed by atoms with Crippen molar-refractivity contribution in [2.75, 3.05) is 42.6 Å². The Morgan fingerprint density at radius 3 is 2.68 bits per heavy atom. The summed E-state index contributed by atoms with van der Waals surface area (Å²) in [4.78, 5) is 33.8. The second-order valence-corrected chi connectivity index (χ2v) is 7.15. The molecule has 0 spiro atoms. The molecule has 0 bridgehead atoms. The Labute approximate surface area is 164 Å². The van der Waals surface area contributed by atoms with Crippen LogP contribution in [0.4, 0.5) is 11.5 Å². The molecule has 1 atom stereocenters. The van der Waals surface area contributed by atoms with E-state index < -0.39 is 0 Å². The molecular weight excluding hydrogens is 356 g/mol. The van der Waals surface area contributed by atoms with E-state index in [-0.39, 0.29) is 24.3 Å². The highest BCUT2D eigenvalue weighted by atomic mass is 16.5. The van der Waals surface area contributed by atoms with Crippen molar-refractivity contribution in [3.05, 3.63) is 48.7 Å². The number of amides is 2. The molecular formula is C21H26N4O3+2. The highest BCUT2D eigenvalue weighted by molar-refractivity contribution is 6.21. The smallest absolute Gasteiger partial charge is 0.292 e. The van der Waals surface area contributed by atoms with Crippen molar-refractivity contribution < 1.29 is 24.2 Å². The Balaban J connectivity index is 1.44. The molecule has 2 saturated heterocycles. The third-order valence-corrected chi connectivity index (χ3v) is 5.47. The summed E-state index contributed by atoms with van der Waals surface area (Å²) in [5, 5.41) is 0. The number of hydrogen-bond acceptors (Lipinski definition) is 4. The fraction of sp³-hybridized carbons (Fsp3) is 0.381. The summed E-state index contributed by atoms with van der Waals surface area (Å²) in [5.74, 6) is 1.53. The van der Waals surface area contributed by atoms with Crippen LogP contribution in [0.25, 0.3) is 0 Å². The van der Waals surface area contributed by atoms with Crippen molar-refractivity contribution in [1.82, 2.24) is 0 Å². The summed E-state index contributed by atoms with van der Waals surface area (Å²) in [6.45, 7) is 5.83. The number of carbonyl (C=O) groups excluding carboxylic acids is 2. The Morgan fingerprint density at radius 1 is 1.14 bits per heavy atom. The minimum absolute atomic E-state index is 0.103. The maximum atomic E-state index is 13.1. The Bertz CT molecular complexity index is 850. The molecule has 0 unspecified atom stereocenters. The monoisotopic (exact) mass is 382 g/mol. The van der Waals surface area contributed by atoms with Gasteiger partial charge in [0, 0.05) is 12.1 Å². The first-order valence-electron chi connectivity index (χ1n) is 9.83. The lowest BCUT2D eigenvalue weighted by Crippen LogP contribution is -3.19. The number of aromatic nitrogens is 1. The fourth-order valence-corrected chi connectivity index (χ4v) is 4.07. The lowest BCUT2D eigenvalue weighted by atomic mass is 10.1. The third-order valence-electron chi connectivity index (χ3n) is 5.47. The molecule has 146 valence electrons. The van der Waals surface area contributed by atoms with Gasteiger partial charge in [-0.2, -0.15) is 0 Å². The maximum Gasteiger partial charge on any atom is 0.292 e. The van der Waals surface area contributed by atoms with Crippen LogP contribution in [0.3, 0.4) is 0 Å². The number of rotatable bonds is 5. The van der Waals surface area contributed by atoms with E-state index in [1.165, 1.54) is 9.80 Å². The summed E-state index contributed by atoms with van der Waals surface area (Å²) in [7, 11) is 0. The van der Waals surface area contributed by atoms with E-state index >= 15 is 0 Å². The molecule has 28 heavy (non-hydrogen) atoms. The standard InChI is InChI=1S/C21H24N4O3/c1-2-28-17-7-5-6-16(14-17)25-20(26)15-18(21(25)27)23-10-12-24(13-11-23)19-8-3-4-9-22-19/h3-9,14,18H,2,10-13,15H2,1H3/p+2/t18-/m0/s1. The summed E-state index contributed by atoms with van der Waals surface area (Å²) in [5.41, 5.74) is 0.598. The molecule has 7 heteroatoms. The largest absolute Gasteiger partial charge is 0.494 e. The first-order valence-corrected chi connectivity index (χ1v) is 9.83. The highest BCUT2D eigenvalue weighted by Crippen LogP contribution is 2.26. The molecule has 2 aliphatic heterocycles. The lowest BCUT2D eigenvalue weighted by Gasteiger charge is -2.31. The number of quaternary nitrogens is 1. The number of nitrogens with zero attached hydrogens (tertiary/aromatic N) is 2. The molecule has 2 fully saturated rings. The lowest BCUT2D eigenvalue weighted by molar-refractivity contribution is -0.915. The van der Waals surface area contributed by atoms with Crippen molar-refractivity contribution in [2.24, 2.45) is 0 Å². The number of carbonyl (C=O) groups is 2. The molecule has 0 aliphatic carbocycles. The SMILES string of the molecule is CCOc1cccc(N2C(=O)C[C@H]([NH+]3CCN(c4cccc[nH+]4)CC3)C2=O)c1. The quantitative estimate of drug-likeness (QED) is 0.736. The Morgan fingerprint density at radius 2 is 1.96 bits per heavy atom. The zero-order chi connectivity index (χ0) is 19.5. The number of piperazine rings is 1. The van der Waals surface area contributed by atoms with Crippen molar-refractivity contribution in [2.45, 2.75) is 19.4 Å². The molecule has 1 aromatic carbocycles. The van der Waals surface area contributed by atoms with Crippen LogP contribution >= 0.6 is 0 Å². The molecule has 2 N–H and O–H groups in total. The predicted octanol–water partition coefficient (Wildman–Crippen LogP) is -0.0636. The minimum atomic E-state index is -0.301. The van der Waals surface area contributed by atoms with Gasteiger partial charge in [0.05, 0.1) is 24.9 Å². The predicted molar refractivity (Wildman–Crippen MR) is 104 cm³/mol. The van der Waals surface area contributed by atoms with E-state index in [0.717, 1.165) is 32.0 Å². The van der Waals surface area contributed by atoms with Gasteiger partial charge in [0.2, 0.25) is 5.91 Å². The van der Waals surface area contributed by atoms with Crippen LogP contribution in [0.15, 0.2) is 48.7 Å². The van der Waals surface area contributed by atoms with Crippen molar-refractivity contribution >= 4 is 23.3 Å². The summed E-state index contributed by atoms with van der Waals surface area (Å²) in [6.07, 6.45) is 2.19. The number of aromatic amines is 1. The van der Waals surface area contributed by atoms with Gasteiger partial charge in [-0.15, -0.1) is 0 Å². The molecule has 3 heterocycles. The van der Waals surface area contributed by atoms with Crippen LogP contribution in [-0.2, 0) is 9.59 Å². The number of H-pyrrole nitrogens is 1. The highest BCUT2D eigenvalue weighted by Gasteiger charge is 2.47. The molecule has 0 saturated carbocycles. The first-order chi connectivity index (χ1) is 13.7. The minimum Gasteiger partial charge on any atom is -0.494 e. The van der Waals surface area contributed by atoms with Crippen LogP contribution in [0.5, 0.6) is 5.75 Å². The maximum absolute atomic E-state index is 13.1. The van der Waals surface area contributed by atoms with Crippen LogP contribution in [0, 0.1) is 0 Å². The normalized spacial score (nSPS) is 20.7. The van der Waals surface area contributed by atoms with Gasteiger partial charge < -0.3 is 9.64 Å². The van der Waals surface area contributed by atoms with Crippen molar-refractivity contribution in [3.63, 3.8) is 0 Å². The second kappa shape index (κ2) is 7.98. The van der Waals surface area contributed by atoms with E-state index in [9.17, 15) is 9.59 Å². The number of ether oxygens (including phenoxy) is 1. The molecule has 0 radical (unpaired) electrons. The van der Waals surface area contributed by atoms with E-state index in [4.69, 9.17) is 4.74 Å². The number of hydrogen-bond donors (Lipinski definition) is 1. The van der Waals surface area contributed by atoms with Gasteiger partial charge in [0.25, 0.3) is 11.7 Å². The van der Waals surface area contributed by atoms with Gasteiger partial charge in [0.15, 0.2) is 6.04 Å². The van der Waals surface area contributed by atoms with Crippen LogP contribution in [0.1, 0.15) is 13.3 Å². The van der Waals surface area contributed by atoms with Gasteiger partial charge in [-0.25, -0.2) is 9.88 Å². The van der Waals surface area contributed by atoms with Crippen LogP contribution in [-0.4, -0.2) is 50.6 Å². The fourth-order valence-electron chi connectivity index (χ4n) is 4.07. The Hall–Kier alpha value is -2.93. The number of benzene rings is 1. The molecule has 7 nitrogen and oxygen atoms in total. The van der Waals surface area contributed by atoms with E-state index in [2.05, 4.69) is 16.0 Å². The molecule has 2 aromatic rings. The number of nitrogens with one attached hydrogen (secondary N) is 2. The zero-order valence-electron chi connectivity index (χ0n) is 16.1. The van der Waals surface area contributed by atoms with E-state index in [1.807, 2.05) is 37.4 Å². The van der Waals surface area contributed by atoms with Crippen LogP contribution in [0.2, 0.25) is 0 Å². The van der Waals surface area contributed by atoms with Gasteiger partial charge >= 0.3 is 0 Å². The topological polar surface area (TPSA) is 68.4 Å². The zero-order valence-corrected chi connectivity index (χ0v) is 16.1. The van der Waals surface area contributed by atoms with E-state index in [1.54, 1.807) is 12.1 Å². The van der Waals surface area contributed by atoms with Gasteiger partial charge in [-0.1, -0.05) is 12.1 Å². The summed E-state index contributed by atoms with van der Waals surface area (Å²) < 4.78 is 5.51. The molecule has 1 aromatic heterocycles. The average Bonchev–Trinajstić information content (AvgIpc) is 3.03. The third kappa shape index (κ3) is 3.57. The van der Waals surface area contributed by atoms with Crippen LogP contribution < -0.4 is 24.4 Å². The molecule has 4 rings (SSSR count). The molecule has 2 amide bonds. The number of pyridine rings is 1. The summed E-state index contributed by atoms with van der Waals surface area (Å²) in [6, 6.07) is 12.9. The van der Waals surface area contributed by atoms with Crippen molar-refractivity contribution in [1.29, 1.82) is 0 Å². The average molecular weight is 382 g/mol. The molecule has 2 aliphatic rings. The van der Waals surface area contributed by atoms with E-state index in [0.29, 0.717) is 18.0 Å². The second-order valence-electron chi connectivity index (χ2n) is 7.15. The van der Waals surface area contributed by atoms with Gasteiger partial charge in [0.1, 0.15) is 31.9 Å².